The zero-order chi connectivity index (χ0) is 5.98. The lowest BCUT2D eigenvalue weighted by Crippen LogP contribution is -1.84. The van der Waals surface area contributed by atoms with Gasteiger partial charge in [0.2, 0.25) is 5.76 Å². The van der Waals surface area contributed by atoms with E-state index >= 15 is 0 Å². The Morgan fingerprint density at radius 2 is 2.62 bits per heavy atom. The first-order chi connectivity index (χ1) is 3.84. The van der Waals surface area contributed by atoms with Crippen LogP contribution < -0.4 is 5.73 Å². The smallest absolute Gasteiger partial charge is 0.222 e. The van der Waals surface area contributed by atoms with E-state index in [-0.39, 0.29) is 11.4 Å². The molecule has 0 amide bonds. The zero-order valence-electron chi connectivity index (χ0n) is 4.00. The second-order valence-corrected chi connectivity index (χ2v) is 1.26. The molecule has 0 aliphatic carbocycles. The highest BCUT2D eigenvalue weighted by atomic mass is 16.5. The maximum atomic E-state index is 9.87. The molecule has 4 nitrogen and oxygen atoms in total. The van der Waals surface area contributed by atoms with Crippen molar-refractivity contribution in [3.05, 3.63) is 12.0 Å². The van der Waals surface area contributed by atoms with Crippen LogP contribution in [0.15, 0.2) is 10.7 Å². The number of nitrogens with zero attached hydrogens (tertiary/aromatic N) is 1. The highest BCUT2D eigenvalue weighted by molar-refractivity contribution is 5.78. The van der Waals surface area contributed by atoms with Crippen LogP contribution in [0.5, 0.6) is 0 Å². The summed E-state index contributed by atoms with van der Waals surface area (Å²) in [6.45, 7) is 0. The van der Waals surface area contributed by atoms with E-state index in [1.54, 1.807) is 0 Å². The third-order valence-electron chi connectivity index (χ3n) is 0.734. The van der Waals surface area contributed by atoms with Gasteiger partial charge in [0.05, 0.1) is 6.20 Å². The summed E-state index contributed by atoms with van der Waals surface area (Å²) in [4.78, 5) is 9.87. The minimum atomic E-state index is 0.0880. The molecule has 0 radical (unpaired) electrons. The Morgan fingerprint density at radius 1 is 1.88 bits per heavy atom. The predicted octanol–water partition coefficient (Wildman–Crippen LogP) is 0.0693. The van der Waals surface area contributed by atoms with E-state index in [1.165, 1.54) is 6.20 Å². The van der Waals surface area contributed by atoms with E-state index in [4.69, 9.17) is 5.73 Å². The Hall–Kier alpha value is -1.32. The molecule has 42 valence electrons. The molecule has 1 heterocycles. The number of carbonyl (C=O) groups is 1. The number of nitrogens with two attached hydrogens (primary N) is 1. The maximum Gasteiger partial charge on any atom is 0.222 e. The van der Waals surface area contributed by atoms with Gasteiger partial charge in [-0.05, 0) is 0 Å². The van der Waals surface area contributed by atoms with Crippen molar-refractivity contribution in [2.45, 2.75) is 0 Å². The first kappa shape index (κ1) is 4.83. The summed E-state index contributed by atoms with van der Waals surface area (Å²) in [5.41, 5.74) is 5.44. The van der Waals surface area contributed by atoms with E-state index in [9.17, 15) is 4.79 Å². The van der Waals surface area contributed by atoms with E-state index < -0.39 is 0 Å². The van der Waals surface area contributed by atoms with Gasteiger partial charge in [-0.25, -0.2) is 0 Å². The second kappa shape index (κ2) is 1.65. The third kappa shape index (κ3) is 0.556. The van der Waals surface area contributed by atoms with Crippen molar-refractivity contribution in [1.82, 2.24) is 5.16 Å². The molecule has 0 saturated carbocycles. The first-order valence-electron chi connectivity index (χ1n) is 2.00. The summed E-state index contributed by atoms with van der Waals surface area (Å²) < 4.78 is 4.37. The van der Waals surface area contributed by atoms with E-state index in [0.717, 1.165) is 0 Å². The molecule has 0 aliphatic heterocycles. The Labute approximate surface area is 45.3 Å². The average Bonchev–Trinajstić information content (AvgIpc) is 2.14. The molecule has 0 atom stereocenters. The molecule has 4 heteroatoms. The number of aromatic nitrogens is 1. The molecule has 1 rings (SSSR count). The fourth-order valence-corrected chi connectivity index (χ4v) is 0.346. The predicted molar refractivity (Wildman–Crippen MR) is 26.3 cm³/mol. The molecule has 0 fully saturated rings. The fraction of sp³-hybridized carbons (Fsp3) is 0. The van der Waals surface area contributed by atoms with Crippen LogP contribution in [0.3, 0.4) is 0 Å². The summed E-state index contributed by atoms with van der Waals surface area (Å²) in [6, 6.07) is 0. The van der Waals surface area contributed by atoms with Crippen molar-refractivity contribution in [2.75, 3.05) is 5.73 Å². The Morgan fingerprint density at radius 3 is 2.88 bits per heavy atom. The molecule has 1 aromatic rings. The summed E-state index contributed by atoms with van der Waals surface area (Å²) in [5.74, 6) is 0.0880. The van der Waals surface area contributed by atoms with Crippen LogP contribution in [0.2, 0.25) is 0 Å². The monoisotopic (exact) mass is 112 g/mol. The highest BCUT2D eigenvalue weighted by Gasteiger charge is 1.98. The highest BCUT2D eigenvalue weighted by Crippen LogP contribution is 2.04. The standard InChI is InChI=1S/C4H4N2O2/c5-3-1-6-8-4(3)2-7/h1-2H,5H2. The van der Waals surface area contributed by atoms with Gasteiger partial charge < -0.3 is 10.3 Å². The normalized spacial score (nSPS) is 9.00. The van der Waals surface area contributed by atoms with Gasteiger partial charge in [0, 0.05) is 0 Å². The zero-order valence-corrected chi connectivity index (χ0v) is 4.00. The summed E-state index contributed by atoms with van der Waals surface area (Å²) in [5, 5.41) is 3.26. The van der Waals surface area contributed by atoms with Gasteiger partial charge >= 0.3 is 0 Å². The molecule has 0 aromatic carbocycles. The minimum Gasteiger partial charge on any atom is -0.394 e. The molecule has 0 bridgehead atoms. The lowest BCUT2D eigenvalue weighted by molar-refractivity contribution is 0.109. The van der Waals surface area contributed by atoms with Crippen LogP contribution in [-0.2, 0) is 0 Å². The van der Waals surface area contributed by atoms with Gasteiger partial charge in [-0.1, -0.05) is 5.16 Å². The Kier molecular flexibility index (Phi) is 0.997. The lowest BCUT2D eigenvalue weighted by atomic mass is 10.4. The Bertz CT molecular complexity index is 194. The molecule has 0 unspecified atom stereocenters. The minimum absolute atomic E-state index is 0.0880. The Balaban J connectivity index is 3.09. The quantitative estimate of drug-likeness (QED) is 0.522. The van der Waals surface area contributed by atoms with Gasteiger partial charge in [-0.2, -0.15) is 0 Å². The van der Waals surface area contributed by atoms with E-state index in [0.29, 0.717) is 6.29 Å². The first-order valence-corrected chi connectivity index (χ1v) is 2.00. The van der Waals surface area contributed by atoms with Gasteiger partial charge in [0.15, 0.2) is 6.29 Å². The van der Waals surface area contributed by atoms with E-state index in [2.05, 4.69) is 9.68 Å². The van der Waals surface area contributed by atoms with Crippen LogP contribution in [0, 0.1) is 0 Å². The number of carbonyl (C=O) groups excluding carboxylic acids is 1. The SMILES string of the molecule is Nc1cnoc1C=O. The average molecular weight is 112 g/mol. The number of hydrogen-bond donors (Lipinski definition) is 1. The molecular formula is C4H4N2O2. The van der Waals surface area contributed by atoms with Gasteiger partial charge in [-0.15, -0.1) is 0 Å². The topological polar surface area (TPSA) is 69.1 Å². The van der Waals surface area contributed by atoms with Crippen LogP contribution in [-0.4, -0.2) is 11.4 Å². The van der Waals surface area contributed by atoms with Crippen LogP contribution in [0.25, 0.3) is 0 Å². The molecule has 8 heavy (non-hydrogen) atoms. The number of anilines is 1. The van der Waals surface area contributed by atoms with Crippen molar-refractivity contribution in [2.24, 2.45) is 0 Å². The maximum absolute atomic E-state index is 9.87. The van der Waals surface area contributed by atoms with Crippen LogP contribution in [0.1, 0.15) is 10.6 Å². The van der Waals surface area contributed by atoms with E-state index in [1.807, 2.05) is 0 Å². The van der Waals surface area contributed by atoms with Crippen LogP contribution >= 0.6 is 0 Å². The molecular weight excluding hydrogens is 108 g/mol. The van der Waals surface area contributed by atoms with Crippen molar-refractivity contribution in [3.8, 4) is 0 Å². The molecule has 2 N–H and O–H groups in total. The van der Waals surface area contributed by atoms with Crippen molar-refractivity contribution in [1.29, 1.82) is 0 Å². The third-order valence-corrected chi connectivity index (χ3v) is 0.734. The molecule has 0 spiro atoms. The fourth-order valence-electron chi connectivity index (χ4n) is 0.346. The van der Waals surface area contributed by atoms with Crippen molar-refractivity contribution >= 4 is 12.0 Å². The lowest BCUT2D eigenvalue weighted by Gasteiger charge is -1.76. The van der Waals surface area contributed by atoms with Crippen molar-refractivity contribution < 1.29 is 9.32 Å². The van der Waals surface area contributed by atoms with Gasteiger partial charge in [0.25, 0.3) is 0 Å². The summed E-state index contributed by atoms with van der Waals surface area (Å²) in [7, 11) is 0. The number of rotatable bonds is 1. The molecule has 1 aromatic heterocycles. The van der Waals surface area contributed by atoms with Crippen LogP contribution in [0.4, 0.5) is 5.69 Å². The van der Waals surface area contributed by atoms with Crippen molar-refractivity contribution in [3.63, 3.8) is 0 Å². The second-order valence-electron chi connectivity index (χ2n) is 1.26. The van der Waals surface area contributed by atoms with Gasteiger partial charge in [0.1, 0.15) is 5.69 Å². The number of nitrogen functional groups attached to an aromatic ring is 1. The number of hydrogen-bond acceptors (Lipinski definition) is 4. The number of aldehydes is 1. The molecule has 0 aliphatic rings. The molecule has 0 saturated heterocycles. The summed E-state index contributed by atoms with van der Waals surface area (Å²) >= 11 is 0. The summed E-state index contributed by atoms with van der Waals surface area (Å²) in [6.07, 6.45) is 1.80. The largest absolute Gasteiger partial charge is 0.394 e. The van der Waals surface area contributed by atoms with Gasteiger partial charge in [-0.3, -0.25) is 4.79 Å².